The number of hydrogen-bond acceptors (Lipinski definition) is 5. The van der Waals surface area contributed by atoms with Gasteiger partial charge in [0.2, 0.25) is 5.78 Å². The van der Waals surface area contributed by atoms with E-state index in [2.05, 4.69) is 4.98 Å². The van der Waals surface area contributed by atoms with Gasteiger partial charge in [-0.3, -0.25) is 9.78 Å². The minimum absolute atomic E-state index is 0.00679. The van der Waals surface area contributed by atoms with Gasteiger partial charge in [0.05, 0.1) is 23.4 Å². The monoisotopic (exact) mass is 272 g/mol. The van der Waals surface area contributed by atoms with Crippen LogP contribution < -0.4 is 0 Å². The fraction of sp³-hybridized carbons (Fsp3) is 0.214. The van der Waals surface area contributed by atoms with E-state index in [9.17, 15) is 14.7 Å². The van der Waals surface area contributed by atoms with E-state index in [-0.39, 0.29) is 29.4 Å². The van der Waals surface area contributed by atoms with Gasteiger partial charge >= 0.3 is 5.97 Å². The molecule has 0 saturated heterocycles. The molecule has 2 aromatic rings. The van der Waals surface area contributed by atoms with Gasteiger partial charge in [0, 0.05) is 25.0 Å². The smallest absolute Gasteiger partial charge is 0.358 e. The van der Waals surface area contributed by atoms with Crippen LogP contribution in [0.3, 0.4) is 0 Å². The van der Waals surface area contributed by atoms with Crippen molar-refractivity contribution >= 4 is 11.8 Å². The summed E-state index contributed by atoms with van der Waals surface area (Å²) in [6, 6.07) is 1.69. The van der Waals surface area contributed by atoms with Gasteiger partial charge in [0.1, 0.15) is 0 Å². The Morgan fingerprint density at radius 2 is 2.20 bits per heavy atom. The second-order valence-corrected chi connectivity index (χ2v) is 4.45. The molecule has 6 heteroatoms. The molecule has 0 bridgehead atoms. The molecular weight excluding hydrogens is 260 g/mol. The Bertz CT molecular complexity index is 746. The maximum absolute atomic E-state index is 12.3. The van der Waals surface area contributed by atoms with Crippen LogP contribution in [-0.2, 0) is 11.8 Å². The highest BCUT2D eigenvalue weighted by atomic mass is 16.5. The van der Waals surface area contributed by atoms with E-state index in [4.69, 9.17) is 4.74 Å². The highest BCUT2D eigenvalue weighted by Gasteiger charge is 2.37. The number of pyridine rings is 1. The van der Waals surface area contributed by atoms with Crippen LogP contribution in [0.5, 0.6) is 5.75 Å². The second kappa shape index (κ2) is 4.19. The highest BCUT2D eigenvalue weighted by molar-refractivity contribution is 6.24. The Morgan fingerprint density at radius 1 is 1.45 bits per heavy atom. The quantitative estimate of drug-likeness (QED) is 0.715. The van der Waals surface area contributed by atoms with Crippen molar-refractivity contribution in [1.82, 2.24) is 9.55 Å². The molecule has 2 aromatic heterocycles. The first kappa shape index (κ1) is 12.4. The van der Waals surface area contributed by atoms with Crippen LogP contribution in [0.15, 0.2) is 18.5 Å². The SMILES string of the molecule is CCOC(=O)c1c(O)c2c(n1C)-c1ccncc1C2=O. The summed E-state index contributed by atoms with van der Waals surface area (Å²) in [5.74, 6) is -1.31. The van der Waals surface area contributed by atoms with Crippen LogP contribution in [-0.4, -0.2) is 33.0 Å². The lowest BCUT2D eigenvalue weighted by Gasteiger charge is -2.07. The zero-order chi connectivity index (χ0) is 14.4. The fourth-order valence-electron chi connectivity index (χ4n) is 2.55. The zero-order valence-corrected chi connectivity index (χ0v) is 11.0. The van der Waals surface area contributed by atoms with E-state index in [0.29, 0.717) is 16.8 Å². The van der Waals surface area contributed by atoms with Crippen molar-refractivity contribution in [2.24, 2.45) is 7.05 Å². The number of carbonyl (C=O) groups is 2. The summed E-state index contributed by atoms with van der Waals surface area (Å²) in [4.78, 5) is 28.1. The molecule has 0 amide bonds. The summed E-state index contributed by atoms with van der Waals surface area (Å²) in [7, 11) is 1.62. The third-order valence-electron chi connectivity index (χ3n) is 3.39. The van der Waals surface area contributed by atoms with Crippen molar-refractivity contribution < 1.29 is 19.4 Å². The first-order valence-corrected chi connectivity index (χ1v) is 6.15. The molecule has 0 unspecified atom stereocenters. The molecule has 3 rings (SSSR count). The van der Waals surface area contributed by atoms with Gasteiger partial charge in [-0.1, -0.05) is 0 Å². The average Bonchev–Trinajstić information content (AvgIpc) is 2.86. The predicted molar refractivity (Wildman–Crippen MR) is 69.7 cm³/mol. The van der Waals surface area contributed by atoms with E-state index in [1.807, 2.05) is 0 Å². The molecule has 1 N–H and O–H groups in total. The van der Waals surface area contributed by atoms with Crippen LogP contribution in [0.25, 0.3) is 11.3 Å². The van der Waals surface area contributed by atoms with E-state index in [1.54, 1.807) is 26.2 Å². The van der Waals surface area contributed by atoms with Crippen molar-refractivity contribution in [2.45, 2.75) is 6.92 Å². The van der Waals surface area contributed by atoms with E-state index < -0.39 is 5.97 Å². The Labute approximate surface area is 114 Å². The summed E-state index contributed by atoms with van der Waals surface area (Å²) in [6.07, 6.45) is 3.02. The van der Waals surface area contributed by atoms with Crippen LogP contribution in [0, 0.1) is 0 Å². The van der Waals surface area contributed by atoms with Crippen molar-refractivity contribution in [3.8, 4) is 17.0 Å². The Morgan fingerprint density at radius 3 is 2.90 bits per heavy atom. The lowest BCUT2D eigenvalue weighted by atomic mass is 10.1. The standard InChI is InChI=1S/C14H12N2O4/c1-3-20-14(19)11-13(18)9-10(16(11)2)7-4-5-15-6-8(7)12(9)17/h4-6,18H,3H2,1-2H3. The van der Waals surface area contributed by atoms with Crippen molar-refractivity contribution in [3.05, 3.63) is 35.3 Å². The van der Waals surface area contributed by atoms with Gasteiger partial charge in [-0.2, -0.15) is 0 Å². The van der Waals surface area contributed by atoms with Crippen LogP contribution in [0.2, 0.25) is 0 Å². The molecule has 0 aliphatic heterocycles. The Hall–Kier alpha value is -2.63. The number of ether oxygens (including phenoxy) is 1. The summed E-state index contributed by atoms with van der Waals surface area (Å²) >= 11 is 0. The van der Waals surface area contributed by atoms with Gasteiger partial charge in [-0.25, -0.2) is 4.79 Å². The summed E-state index contributed by atoms with van der Waals surface area (Å²) in [5, 5.41) is 10.2. The first-order valence-electron chi connectivity index (χ1n) is 6.15. The molecule has 1 aliphatic carbocycles. The number of esters is 1. The van der Waals surface area contributed by atoms with Gasteiger partial charge in [-0.05, 0) is 13.0 Å². The zero-order valence-electron chi connectivity index (χ0n) is 11.0. The molecule has 20 heavy (non-hydrogen) atoms. The van der Waals surface area contributed by atoms with E-state index in [1.165, 1.54) is 10.8 Å². The largest absolute Gasteiger partial charge is 0.505 e. The molecule has 6 nitrogen and oxygen atoms in total. The fourth-order valence-corrected chi connectivity index (χ4v) is 2.55. The second-order valence-electron chi connectivity index (χ2n) is 4.45. The lowest BCUT2D eigenvalue weighted by molar-refractivity contribution is 0.0512. The average molecular weight is 272 g/mol. The summed E-state index contributed by atoms with van der Waals surface area (Å²) in [6.45, 7) is 1.88. The maximum atomic E-state index is 12.3. The van der Waals surface area contributed by atoms with Gasteiger partial charge in [0.25, 0.3) is 0 Å². The number of aromatic hydroxyl groups is 1. The molecule has 1 aliphatic rings. The highest BCUT2D eigenvalue weighted by Crippen LogP contribution is 2.43. The predicted octanol–water partition coefficient (Wildman–Crippen LogP) is 1.51. The normalized spacial score (nSPS) is 12.2. The molecule has 0 fully saturated rings. The molecule has 102 valence electrons. The number of rotatable bonds is 2. The molecule has 0 aromatic carbocycles. The van der Waals surface area contributed by atoms with Crippen LogP contribution in [0.1, 0.15) is 33.3 Å². The summed E-state index contributed by atoms with van der Waals surface area (Å²) < 4.78 is 6.40. The third kappa shape index (κ3) is 1.41. The number of carbonyl (C=O) groups excluding carboxylic acids is 2. The van der Waals surface area contributed by atoms with Crippen molar-refractivity contribution in [1.29, 1.82) is 0 Å². The third-order valence-corrected chi connectivity index (χ3v) is 3.39. The van der Waals surface area contributed by atoms with Crippen LogP contribution in [0.4, 0.5) is 0 Å². The molecule has 2 heterocycles. The molecule has 0 atom stereocenters. The summed E-state index contributed by atoms with van der Waals surface area (Å²) in [5.41, 5.74) is 1.74. The topological polar surface area (TPSA) is 81.4 Å². The number of nitrogens with zero attached hydrogens (tertiary/aromatic N) is 2. The van der Waals surface area contributed by atoms with E-state index in [0.717, 1.165) is 0 Å². The number of aromatic nitrogens is 2. The first-order chi connectivity index (χ1) is 9.57. The van der Waals surface area contributed by atoms with E-state index >= 15 is 0 Å². The van der Waals surface area contributed by atoms with Crippen LogP contribution >= 0.6 is 0 Å². The van der Waals surface area contributed by atoms with Gasteiger partial charge in [0.15, 0.2) is 11.4 Å². The van der Waals surface area contributed by atoms with Gasteiger partial charge in [-0.15, -0.1) is 0 Å². The van der Waals surface area contributed by atoms with Gasteiger partial charge < -0.3 is 14.4 Å². The molecular formula is C14H12N2O4. The van der Waals surface area contributed by atoms with Crippen molar-refractivity contribution in [2.75, 3.05) is 6.61 Å². The molecule has 0 radical (unpaired) electrons. The Kier molecular flexibility index (Phi) is 2.60. The minimum atomic E-state index is -0.648. The number of hydrogen-bond donors (Lipinski definition) is 1. The molecule has 0 saturated carbocycles. The maximum Gasteiger partial charge on any atom is 0.358 e. The number of ketones is 1. The van der Waals surface area contributed by atoms with Crippen molar-refractivity contribution in [3.63, 3.8) is 0 Å². The Balaban J connectivity index is 2.27. The minimum Gasteiger partial charge on any atom is -0.505 e. The lowest BCUT2D eigenvalue weighted by Crippen LogP contribution is -2.11. The molecule has 0 spiro atoms. The number of fused-ring (bicyclic) bond motifs is 3.